The SMILES string of the molecule is O=S(=O)(c1ccc(CNCc2cn[nH]c2-c2ccccc2)cc1)N1CCCC1. The minimum atomic E-state index is -3.35. The molecule has 0 aliphatic carbocycles. The summed E-state index contributed by atoms with van der Waals surface area (Å²) in [7, 11) is -3.35. The maximum Gasteiger partial charge on any atom is 0.243 e. The van der Waals surface area contributed by atoms with Crippen LogP contribution in [0, 0.1) is 0 Å². The van der Waals surface area contributed by atoms with E-state index in [9.17, 15) is 8.42 Å². The minimum Gasteiger partial charge on any atom is -0.308 e. The zero-order chi connectivity index (χ0) is 19.4. The molecule has 1 aromatic heterocycles. The van der Waals surface area contributed by atoms with Gasteiger partial charge in [-0.15, -0.1) is 0 Å². The van der Waals surface area contributed by atoms with E-state index in [1.807, 2.05) is 36.5 Å². The predicted molar refractivity (Wildman–Crippen MR) is 109 cm³/mol. The molecular weight excluding hydrogens is 372 g/mol. The van der Waals surface area contributed by atoms with Crippen LogP contribution in [-0.2, 0) is 23.1 Å². The maximum absolute atomic E-state index is 12.6. The fourth-order valence-corrected chi connectivity index (χ4v) is 5.02. The highest BCUT2D eigenvalue weighted by molar-refractivity contribution is 7.89. The van der Waals surface area contributed by atoms with Crippen LogP contribution >= 0.6 is 0 Å². The molecule has 2 N–H and O–H groups in total. The van der Waals surface area contributed by atoms with E-state index in [-0.39, 0.29) is 0 Å². The first kappa shape index (κ1) is 18.9. The Bertz CT molecular complexity index is 1010. The van der Waals surface area contributed by atoms with Crippen molar-refractivity contribution in [3.8, 4) is 11.3 Å². The van der Waals surface area contributed by atoms with Crippen LogP contribution in [-0.4, -0.2) is 36.0 Å². The Kier molecular flexibility index (Phi) is 5.57. The number of benzene rings is 2. The smallest absolute Gasteiger partial charge is 0.243 e. The highest BCUT2D eigenvalue weighted by atomic mass is 32.2. The summed E-state index contributed by atoms with van der Waals surface area (Å²) in [5.41, 5.74) is 4.26. The van der Waals surface area contributed by atoms with Gasteiger partial charge in [-0.1, -0.05) is 42.5 Å². The summed E-state index contributed by atoms with van der Waals surface area (Å²) >= 11 is 0. The number of hydrogen-bond donors (Lipinski definition) is 2. The molecule has 0 radical (unpaired) electrons. The Morgan fingerprint density at radius 2 is 1.68 bits per heavy atom. The Morgan fingerprint density at radius 1 is 0.964 bits per heavy atom. The Balaban J connectivity index is 1.37. The largest absolute Gasteiger partial charge is 0.308 e. The summed E-state index contributed by atoms with van der Waals surface area (Å²) < 4.78 is 26.7. The molecule has 0 bridgehead atoms. The van der Waals surface area contributed by atoms with Crippen LogP contribution in [0.4, 0.5) is 0 Å². The van der Waals surface area contributed by atoms with Crippen molar-refractivity contribution in [2.75, 3.05) is 13.1 Å². The molecule has 0 saturated carbocycles. The molecule has 28 heavy (non-hydrogen) atoms. The van der Waals surface area contributed by atoms with E-state index in [4.69, 9.17) is 0 Å². The van der Waals surface area contributed by atoms with Gasteiger partial charge in [0.2, 0.25) is 10.0 Å². The van der Waals surface area contributed by atoms with Crippen molar-refractivity contribution < 1.29 is 8.42 Å². The molecule has 0 atom stereocenters. The average molecular weight is 397 g/mol. The summed E-state index contributed by atoms with van der Waals surface area (Å²) in [5.74, 6) is 0. The summed E-state index contributed by atoms with van der Waals surface area (Å²) in [5, 5.41) is 10.6. The summed E-state index contributed by atoms with van der Waals surface area (Å²) in [6, 6.07) is 17.3. The van der Waals surface area contributed by atoms with Crippen molar-refractivity contribution in [1.82, 2.24) is 19.8 Å². The van der Waals surface area contributed by atoms with Crippen molar-refractivity contribution in [3.05, 3.63) is 71.9 Å². The van der Waals surface area contributed by atoms with E-state index in [1.165, 1.54) is 0 Å². The van der Waals surface area contributed by atoms with Crippen LogP contribution in [0.3, 0.4) is 0 Å². The fourth-order valence-electron chi connectivity index (χ4n) is 3.50. The van der Waals surface area contributed by atoms with Gasteiger partial charge in [-0.2, -0.15) is 9.40 Å². The number of hydrogen-bond acceptors (Lipinski definition) is 4. The van der Waals surface area contributed by atoms with Gasteiger partial charge < -0.3 is 5.32 Å². The van der Waals surface area contributed by atoms with Crippen molar-refractivity contribution >= 4 is 10.0 Å². The summed E-state index contributed by atoms with van der Waals surface area (Å²) in [6.45, 7) is 2.58. The first-order valence-corrected chi connectivity index (χ1v) is 11.0. The molecule has 2 aromatic carbocycles. The van der Waals surface area contributed by atoms with E-state index >= 15 is 0 Å². The molecule has 1 aliphatic rings. The van der Waals surface area contributed by atoms with E-state index in [1.54, 1.807) is 16.4 Å². The van der Waals surface area contributed by atoms with E-state index in [0.717, 1.165) is 35.2 Å². The minimum absolute atomic E-state index is 0.374. The Morgan fingerprint density at radius 3 is 2.39 bits per heavy atom. The van der Waals surface area contributed by atoms with Crippen LogP contribution in [0.2, 0.25) is 0 Å². The van der Waals surface area contributed by atoms with Crippen molar-refractivity contribution in [2.24, 2.45) is 0 Å². The standard InChI is InChI=1S/C21H24N4O2S/c26-28(27,25-12-4-5-13-25)20-10-8-17(9-11-20)14-22-15-19-16-23-24-21(19)18-6-2-1-3-7-18/h1-3,6-11,16,22H,4-5,12-15H2,(H,23,24). The monoisotopic (exact) mass is 396 g/mol. The zero-order valence-electron chi connectivity index (χ0n) is 15.6. The number of nitrogens with one attached hydrogen (secondary N) is 2. The van der Waals surface area contributed by atoms with Gasteiger partial charge in [-0.25, -0.2) is 8.42 Å². The third-order valence-electron chi connectivity index (χ3n) is 5.05. The van der Waals surface area contributed by atoms with Crippen LogP contribution in [0.5, 0.6) is 0 Å². The van der Waals surface area contributed by atoms with Crippen molar-refractivity contribution in [1.29, 1.82) is 0 Å². The third kappa shape index (κ3) is 4.01. The van der Waals surface area contributed by atoms with Gasteiger partial charge in [0.25, 0.3) is 0 Å². The number of H-pyrrole nitrogens is 1. The lowest BCUT2D eigenvalue weighted by molar-refractivity contribution is 0.477. The molecule has 4 rings (SSSR count). The Hall–Kier alpha value is -2.48. The van der Waals surface area contributed by atoms with Gasteiger partial charge in [-0.05, 0) is 36.1 Å². The van der Waals surface area contributed by atoms with Crippen LogP contribution < -0.4 is 5.32 Å². The quantitative estimate of drug-likeness (QED) is 0.643. The number of aromatic amines is 1. The first-order valence-electron chi connectivity index (χ1n) is 9.52. The van der Waals surface area contributed by atoms with E-state index in [0.29, 0.717) is 31.1 Å². The van der Waals surface area contributed by atoms with Gasteiger partial charge in [0.1, 0.15) is 0 Å². The predicted octanol–water partition coefficient (Wildman–Crippen LogP) is 3.15. The second-order valence-electron chi connectivity index (χ2n) is 6.99. The van der Waals surface area contributed by atoms with Crippen LogP contribution in [0.1, 0.15) is 24.0 Å². The van der Waals surface area contributed by atoms with Gasteiger partial charge in [-0.3, -0.25) is 5.10 Å². The molecule has 146 valence electrons. The average Bonchev–Trinajstić information content (AvgIpc) is 3.42. The molecule has 1 aliphatic heterocycles. The zero-order valence-corrected chi connectivity index (χ0v) is 16.5. The number of nitrogens with zero attached hydrogens (tertiary/aromatic N) is 2. The highest BCUT2D eigenvalue weighted by Crippen LogP contribution is 2.22. The summed E-state index contributed by atoms with van der Waals surface area (Å²) in [4.78, 5) is 0.374. The fraction of sp³-hybridized carbons (Fsp3) is 0.286. The van der Waals surface area contributed by atoms with Crippen molar-refractivity contribution in [3.63, 3.8) is 0 Å². The number of aromatic nitrogens is 2. The molecule has 2 heterocycles. The third-order valence-corrected chi connectivity index (χ3v) is 6.96. The normalized spacial score (nSPS) is 15.1. The molecule has 0 spiro atoms. The molecule has 6 nitrogen and oxygen atoms in total. The van der Waals surface area contributed by atoms with Gasteiger partial charge in [0, 0.05) is 31.7 Å². The maximum atomic E-state index is 12.6. The van der Waals surface area contributed by atoms with Gasteiger partial charge in [0.15, 0.2) is 0 Å². The molecule has 1 saturated heterocycles. The molecule has 7 heteroatoms. The molecular formula is C21H24N4O2S. The second-order valence-corrected chi connectivity index (χ2v) is 8.93. The highest BCUT2D eigenvalue weighted by Gasteiger charge is 2.26. The van der Waals surface area contributed by atoms with Crippen LogP contribution in [0.25, 0.3) is 11.3 Å². The first-order chi connectivity index (χ1) is 13.6. The topological polar surface area (TPSA) is 78.1 Å². The number of sulfonamides is 1. The molecule has 1 fully saturated rings. The Labute approximate surface area is 165 Å². The van der Waals surface area contributed by atoms with Crippen LogP contribution in [0.15, 0.2) is 65.7 Å². The number of rotatable bonds is 7. The lowest BCUT2D eigenvalue weighted by Crippen LogP contribution is -2.27. The summed E-state index contributed by atoms with van der Waals surface area (Å²) in [6.07, 6.45) is 3.72. The van der Waals surface area contributed by atoms with Crippen molar-refractivity contribution in [2.45, 2.75) is 30.8 Å². The second kappa shape index (κ2) is 8.26. The van der Waals surface area contributed by atoms with E-state index < -0.39 is 10.0 Å². The van der Waals surface area contributed by atoms with E-state index in [2.05, 4.69) is 27.6 Å². The molecule has 3 aromatic rings. The lowest BCUT2D eigenvalue weighted by atomic mass is 10.1. The van der Waals surface area contributed by atoms with Gasteiger partial charge in [0.05, 0.1) is 16.8 Å². The lowest BCUT2D eigenvalue weighted by Gasteiger charge is -2.15. The molecule has 0 amide bonds. The van der Waals surface area contributed by atoms with Gasteiger partial charge >= 0.3 is 0 Å². The molecule has 0 unspecified atom stereocenters.